The number of hydrogen-bond donors (Lipinski definition) is 1. The molecule has 1 aliphatic heterocycles. The van der Waals surface area contributed by atoms with Crippen molar-refractivity contribution in [2.75, 3.05) is 26.1 Å². The van der Waals surface area contributed by atoms with Crippen LogP contribution < -0.4 is 14.8 Å². The molecule has 174 valence electrons. The Balaban J connectivity index is 1.48. The van der Waals surface area contributed by atoms with Crippen LogP contribution in [0.15, 0.2) is 53.6 Å². The van der Waals surface area contributed by atoms with Gasteiger partial charge >= 0.3 is 5.97 Å². The highest BCUT2D eigenvalue weighted by molar-refractivity contribution is 6.02. The van der Waals surface area contributed by atoms with E-state index in [0.717, 1.165) is 11.3 Å². The molecule has 0 saturated carbocycles. The zero-order chi connectivity index (χ0) is 23.8. The summed E-state index contributed by atoms with van der Waals surface area (Å²) in [4.78, 5) is 37.1. The van der Waals surface area contributed by atoms with E-state index in [1.54, 1.807) is 18.2 Å². The van der Waals surface area contributed by atoms with Crippen LogP contribution >= 0.6 is 0 Å². The second kappa shape index (κ2) is 11.1. The number of amides is 2. The molecule has 3 rings (SSSR count). The maximum absolute atomic E-state index is 12.5. The fourth-order valence-electron chi connectivity index (χ4n) is 3.26. The maximum atomic E-state index is 12.5. The highest BCUT2D eigenvalue weighted by Gasteiger charge is 2.24. The summed E-state index contributed by atoms with van der Waals surface area (Å²) in [5, 5.41) is 8.40. The second-order valence-corrected chi connectivity index (χ2v) is 7.37. The quantitative estimate of drug-likeness (QED) is 0.585. The molecule has 0 aliphatic carbocycles. The molecule has 1 aliphatic rings. The summed E-state index contributed by atoms with van der Waals surface area (Å²) >= 11 is 0. The molecule has 1 atom stereocenters. The molecule has 33 heavy (non-hydrogen) atoms. The molecule has 9 nitrogen and oxygen atoms in total. The lowest BCUT2D eigenvalue weighted by Crippen LogP contribution is -2.31. The molecule has 0 aromatic heterocycles. The van der Waals surface area contributed by atoms with Crippen molar-refractivity contribution in [2.24, 2.45) is 5.10 Å². The van der Waals surface area contributed by atoms with E-state index in [9.17, 15) is 14.4 Å². The monoisotopic (exact) mass is 453 g/mol. The van der Waals surface area contributed by atoms with Crippen LogP contribution in [-0.2, 0) is 19.1 Å². The third kappa shape index (κ3) is 6.31. The van der Waals surface area contributed by atoms with E-state index < -0.39 is 18.0 Å². The predicted molar refractivity (Wildman–Crippen MR) is 122 cm³/mol. The van der Waals surface area contributed by atoms with E-state index in [1.807, 2.05) is 30.3 Å². The van der Waals surface area contributed by atoms with Crippen LogP contribution in [0, 0.1) is 0 Å². The average Bonchev–Trinajstić information content (AvgIpc) is 3.33. The van der Waals surface area contributed by atoms with Crippen molar-refractivity contribution in [3.63, 3.8) is 0 Å². The van der Waals surface area contributed by atoms with Crippen LogP contribution in [-0.4, -0.2) is 55.4 Å². The summed E-state index contributed by atoms with van der Waals surface area (Å²) in [7, 11) is 2.99. The fraction of sp³-hybridized carbons (Fsp3) is 0.333. The first-order valence-electron chi connectivity index (χ1n) is 10.6. The van der Waals surface area contributed by atoms with Gasteiger partial charge in [-0.15, -0.1) is 0 Å². The SMILES string of the molecule is COc1ccc(OC)c(NC(=O)C(C)OC(=O)CCC(=O)N2CCC(c3ccccc3)=N2)c1. The lowest BCUT2D eigenvalue weighted by atomic mass is 10.1. The van der Waals surface area contributed by atoms with E-state index in [0.29, 0.717) is 30.2 Å². The molecule has 0 fully saturated rings. The second-order valence-electron chi connectivity index (χ2n) is 7.37. The number of ether oxygens (including phenoxy) is 3. The Morgan fingerprint density at radius 2 is 1.82 bits per heavy atom. The summed E-state index contributed by atoms with van der Waals surface area (Å²) in [6.07, 6.45) is -0.600. The molecule has 0 radical (unpaired) electrons. The first kappa shape index (κ1) is 23.8. The third-order valence-electron chi connectivity index (χ3n) is 5.08. The predicted octanol–water partition coefficient (Wildman–Crippen LogP) is 2.99. The average molecular weight is 453 g/mol. The van der Waals surface area contributed by atoms with Crippen molar-refractivity contribution in [3.05, 3.63) is 54.1 Å². The normalized spacial score (nSPS) is 13.7. The molecule has 2 amide bonds. The Morgan fingerprint density at radius 3 is 2.52 bits per heavy atom. The van der Waals surface area contributed by atoms with Crippen LogP contribution in [0.1, 0.15) is 31.7 Å². The lowest BCUT2D eigenvalue weighted by molar-refractivity contribution is -0.154. The van der Waals surface area contributed by atoms with Crippen LogP contribution in [0.2, 0.25) is 0 Å². The summed E-state index contributed by atoms with van der Waals surface area (Å²) in [5.74, 6) is -0.465. The molecule has 0 bridgehead atoms. The van der Waals surface area contributed by atoms with Crippen molar-refractivity contribution in [3.8, 4) is 11.5 Å². The number of anilines is 1. The molecule has 0 saturated heterocycles. The highest BCUT2D eigenvalue weighted by Crippen LogP contribution is 2.29. The summed E-state index contributed by atoms with van der Waals surface area (Å²) < 4.78 is 15.6. The van der Waals surface area contributed by atoms with Gasteiger partial charge in [0.25, 0.3) is 5.91 Å². The van der Waals surface area contributed by atoms with Gasteiger partial charge in [0.15, 0.2) is 6.10 Å². The largest absolute Gasteiger partial charge is 0.497 e. The lowest BCUT2D eigenvalue weighted by Gasteiger charge is -2.16. The van der Waals surface area contributed by atoms with Gasteiger partial charge in [0.2, 0.25) is 5.91 Å². The molecule has 2 aromatic rings. The summed E-state index contributed by atoms with van der Waals surface area (Å²) in [6, 6.07) is 14.6. The minimum absolute atomic E-state index is 0.0531. The zero-order valence-electron chi connectivity index (χ0n) is 18.9. The topological polar surface area (TPSA) is 107 Å². The van der Waals surface area contributed by atoms with Gasteiger partial charge < -0.3 is 19.5 Å². The van der Waals surface area contributed by atoms with Gasteiger partial charge in [-0.25, -0.2) is 5.01 Å². The van der Waals surface area contributed by atoms with E-state index in [-0.39, 0.29) is 18.7 Å². The Morgan fingerprint density at radius 1 is 1.06 bits per heavy atom. The molecular formula is C24H27N3O6. The number of nitrogens with one attached hydrogen (secondary N) is 1. The van der Waals surface area contributed by atoms with Crippen LogP contribution in [0.4, 0.5) is 5.69 Å². The standard InChI is InChI=1S/C24H27N3O6/c1-16(24(30)25-20-15-18(31-2)9-10-21(20)32-3)33-23(29)12-11-22(28)27-14-13-19(26-27)17-7-5-4-6-8-17/h4-10,15-16H,11-14H2,1-3H3,(H,25,30). The van der Waals surface area contributed by atoms with Gasteiger partial charge in [0, 0.05) is 18.9 Å². The van der Waals surface area contributed by atoms with Crippen LogP contribution in [0.3, 0.4) is 0 Å². The molecule has 1 heterocycles. The Kier molecular flexibility index (Phi) is 8.01. The number of carbonyl (C=O) groups is 3. The summed E-state index contributed by atoms with van der Waals surface area (Å²) in [6.45, 7) is 1.93. The van der Waals surface area contributed by atoms with E-state index in [4.69, 9.17) is 14.2 Å². The van der Waals surface area contributed by atoms with Crippen LogP contribution in [0.5, 0.6) is 11.5 Å². The molecule has 1 N–H and O–H groups in total. The number of benzene rings is 2. The minimum atomic E-state index is -1.06. The molecule has 9 heteroatoms. The first-order valence-corrected chi connectivity index (χ1v) is 10.6. The highest BCUT2D eigenvalue weighted by atomic mass is 16.5. The number of carbonyl (C=O) groups excluding carboxylic acids is 3. The van der Waals surface area contributed by atoms with E-state index in [2.05, 4.69) is 10.4 Å². The van der Waals surface area contributed by atoms with Gasteiger partial charge in [-0.3, -0.25) is 14.4 Å². The number of esters is 1. The number of methoxy groups -OCH3 is 2. The fourth-order valence-corrected chi connectivity index (χ4v) is 3.26. The van der Waals surface area contributed by atoms with E-state index >= 15 is 0 Å². The Hall–Kier alpha value is -3.88. The zero-order valence-corrected chi connectivity index (χ0v) is 18.9. The molecular weight excluding hydrogens is 426 g/mol. The number of hydrazone groups is 1. The maximum Gasteiger partial charge on any atom is 0.307 e. The molecule has 1 unspecified atom stereocenters. The summed E-state index contributed by atoms with van der Waals surface area (Å²) in [5.41, 5.74) is 2.20. The van der Waals surface area contributed by atoms with Crippen LogP contribution in [0.25, 0.3) is 0 Å². The molecule has 0 spiro atoms. The van der Waals surface area contributed by atoms with Crippen molar-refractivity contribution >= 4 is 29.2 Å². The van der Waals surface area contributed by atoms with Gasteiger partial charge in [0.05, 0.1) is 38.6 Å². The van der Waals surface area contributed by atoms with Gasteiger partial charge in [0.1, 0.15) is 11.5 Å². The smallest absolute Gasteiger partial charge is 0.307 e. The Bertz CT molecular complexity index is 1040. The number of hydrogen-bond acceptors (Lipinski definition) is 7. The van der Waals surface area contributed by atoms with Crippen molar-refractivity contribution in [1.29, 1.82) is 0 Å². The third-order valence-corrected chi connectivity index (χ3v) is 5.08. The van der Waals surface area contributed by atoms with Crippen molar-refractivity contribution < 1.29 is 28.6 Å². The molecule has 2 aromatic carbocycles. The van der Waals surface area contributed by atoms with Gasteiger partial charge in [-0.2, -0.15) is 5.10 Å². The Labute approximate surface area is 192 Å². The van der Waals surface area contributed by atoms with Gasteiger partial charge in [-0.1, -0.05) is 30.3 Å². The van der Waals surface area contributed by atoms with Crippen molar-refractivity contribution in [1.82, 2.24) is 5.01 Å². The van der Waals surface area contributed by atoms with Crippen molar-refractivity contribution in [2.45, 2.75) is 32.3 Å². The number of rotatable bonds is 9. The minimum Gasteiger partial charge on any atom is -0.497 e. The first-order chi connectivity index (χ1) is 15.9. The van der Waals surface area contributed by atoms with E-state index in [1.165, 1.54) is 26.2 Å². The number of nitrogens with zero attached hydrogens (tertiary/aromatic N) is 2. The van der Waals surface area contributed by atoms with Gasteiger partial charge in [-0.05, 0) is 24.6 Å².